The van der Waals surface area contributed by atoms with Crippen molar-refractivity contribution >= 4 is 52.4 Å². The summed E-state index contributed by atoms with van der Waals surface area (Å²) in [5, 5.41) is 10.7. The molecule has 1 N–H and O–H groups in total. The number of methoxy groups -OCH3 is 1. The first kappa shape index (κ1) is 20.6. The number of carbonyl (C=O) groups is 2. The molecular formula is C16H18Cl3NO4. The van der Waals surface area contributed by atoms with Crippen LogP contribution in [0.3, 0.4) is 0 Å². The summed E-state index contributed by atoms with van der Waals surface area (Å²) < 4.78 is 4.71. The van der Waals surface area contributed by atoms with Gasteiger partial charge in [0.1, 0.15) is 11.8 Å². The van der Waals surface area contributed by atoms with E-state index in [0.717, 1.165) is 6.08 Å². The second-order valence-electron chi connectivity index (χ2n) is 5.44. The number of carbonyl (C=O) groups excluding carboxylic acids is 2. The monoisotopic (exact) mass is 393 g/mol. The SMILES string of the molecule is COC(=O)C(C(C)C)N(C)C(=O)/C=C(\O)c1c(Cl)cc(Cl)cc1Cl. The van der Waals surface area contributed by atoms with Crippen LogP contribution in [0.5, 0.6) is 0 Å². The van der Waals surface area contributed by atoms with Crippen LogP contribution >= 0.6 is 34.8 Å². The fourth-order valence-corrected chi connectivity index (χ4v) is 3.22. The predicted molar refractivity (Wildman–Crippen MR) is 95.5 cm³/mol. The molecule has 132 valence electrons. The van der Waals surface area contributed by atoms with E-state index in [1.807, 2.05) is 0 Å². The van der Waals surface area contributed by atoms with Gasteiger partial charge in [0.25, 0.3) is 5.91 Å². The maximum Gasteiger partial charge on any atom is 0.328 e. The number of benzene rings is 1. The van der Waals surface area contributed by atoms with E-state index >= 15 is 0 Å². The number of rotatable bonds is 5. The molecule has 8 heteroatoms. The first-order valence-corrected chi connectivity index (χ1v) is 8.13. The highest BCUT2D eigenvalue weighted by Crippen LogP contribution is 2.33. The van der Waals surface area contributed by atoms with Crippen LogP contribution in [0.1, 0.15) is 19.4 Å². The molecule has 1 aromatic rings. The number of amides is 1. The molecule has 0 saturated heterocycles. The van der Waals surface area contributed by atoms with Crippen LogP contribution in [0.25, 0.3) is 5.76 Å². The Morgan fingerprint density at radius 2 is 1.71 bits per heavy atom. The number of hydrogen-bond acceptors (Lipinski definition) is 4. The van der Waals surface area contributed by atoms with Crippen molar-refractivity contribution in [3.63, 3.8) is 0 Å². The van der Waals surface area contributed by atoms with Crippen molar-refractivity contribution < 1.29 is 19.4 Å². The average Bonchev–Trinajstić information content (AvgIpc) is 2.45. The van der Waals surface area contributed by atoms with Gasteiger partial charge in [-0.15, -0.1) is 0 Å². The fraction of sp³-hybridized carbons (Fsp3) is 0.375. The Morgan fingerprint density at radius 1 is 1.21 bits per heavy atom. The number of halogens is 3. The van der Waals surface area contributed by atoms with Gasteiger partial charge in [0, 0.05) is 18.1 Å². The summed E-state index contributed by atoms with van der Waals surface area (Å²) in [5.74, 6) is -1.74. The van der Waals surface area contributed by atoms with Crippen molar-refractivity contribution in [2.24, 2.45) is 5.92 Å². The van der Waals surface area contributed by atoms with Crippen LogP contribution in [-0.2, 0) is 14.3 Å². The molecule has 0 heterocycles. The van der Waals surface area contributed by atoms with E-state index in [2.05, 4.69) is 0 Å². The third-order valence-corrected chi connectivity index (χ3v) is 4.18. The Kier molecular flexibility index (Phi) is 7.39. The van der Waals surface area contributed by atoms with Gasteiger partial charge < -0.3 is 14.7 Å². The summed E-state index contributed by atoms with van der Waals surface area (Å²) in [7, 11) is 2.69. The van der Waals surface area contributed by atoms with Gasteiger partial charge in [-0.3, -0.25) is 4.79 Å². The normalized spacial score (nSPS) is 12.9. The molecule has 1 aromatic carbocycles. The zero-order chi connectivity index (χ0) is 18.6. The number of ether oxygens (including phenoxy) is 1. The average molecular weight is 395 g/mol. The highest BCUT2D eigenvalue weighted by atomic mass is 35.5. The van der Waals surface area contributed by atoms with Gasteiger partial charge in [0.2, 0.25) is 0 Å². The largest absolute Gasteiger partial charge is 0.507 e. The highest BCUT2D eigenvalue weighted by molar-refractivity contribution is 6.40. The molecule has 5 nitrogen and oxygen atoms in total. The Morgan fingerprint density at radius 3 is 2.12 bits per heavy atom. The van der Waals surface area contributed by atoms with Crippen LogP contribution in [0.2, 0.25) is 15.1 Å². The maximum absolute atomic E-state index is 12.4. The Bertz CT molecular complexity index is 650. The second-order valence-corrected chi connectivity index (χ2v) is 6.69. The molecule has 0 aliphatic rings. The molecule has 0 fully saturated rings. The zero-order valence-electron chi connectivity index (χ0n) is 13.6. The molecular weight excluding hydrogens is 377 g/mol. The van der Waals surface area contributed by atoms with Gasteiger partial charge in [-0.1, -0.05) is 48.7 Å². The molecule has 0 radical (unpaired) electrons. The Balaban J connectivity index is 3.16. The quantitative estimate of drug-likeness (QED) is 0.462. The molecule has 0 bridgehead atoms. The van der Waals surface area contributed by atoms with Gasteiger partial charge in [-0.25, -0.2) is 4.79 Å². The summed E-state index contributed by atoms with van der Waals surface area (Å²) in [5.41, 5.74) is 0.0867. The van der Waals surface area contributed by atoms with Crippen molar-refractivity contribution in [2.45, 2.75) is 19.9 Å². The van der Waals surface area contributed by atoms with Gasteiger partial charge in [-0.2, -0.15) is 0 Å². The molecule has 0 aromatic heterocycles. The molecule has 1 rings (SSSR count). The summed E-state index contributed by atoms with van der Waals surface area (Å²) in [6.07, 6.45) is 0.944. The van der Waals surface area contributed by atoms with E-state index < -0.39 is 23.7 Å². The molecule has 0 aliphatic carbocycles. The Hall–Kier alpha value is -1.43. The maximum atomic E-state index is 12.4. The molecule has 0 spiro atoms. The van der Waals surface area contributed by atoms with Gasteiger partial charge in [0.05, 0.1) is 22.7 Å². The minimum Gasteiger partial charge on any atom is -0.507 e. The van der Waals surface area contributed by atoms with Crippen LogP contribution in [0.4, 0.5) is 0 Å². The third-order valence-electron chi connectivity index (χ3n) is 3.36. The molecule has 1 unspecified atom stereocenters. The number of aliphatic hydroxyl groups is 1. The summed E-state index contributed by atoms with van der Waals surface area (Å²) in [6, 6.07) is 2.00. The number of hydrogen-bond donors (Lipinski definition) is 1. The van der Waals surface area contributed by atoms with Crippen molar-refractivity contribution in [3.05, 3.63) is 38.8 Å². The smallest absolute Gasteiger partial charge is 0.328 e. The predicted octanol–water partition coefficient (Wildman–Crippen LogP) is 4.20. The van der Waals surface area contributed by atoms with Crippen LogP contribution in [0.15, 0.2) is 18.2 Å². The second kappa shape index (κ2) is 8.60. The van der Waals surface area contributed by atoms with E-state index in [9.17, 15) is 14.7 Å². The van der Waals surface area contributed by atoms with E-state index in [-0.39, 0.29) is 21.5 Å². The standard InChI is InChI=1S/C16H18Cl3NO4/c1-8(2)15(16(23)24-4)20(3)13(22)7-12(21)14-10(18)5-9(17)6-11(14)19/h5-8,15,21H,1-4H3/b12-7-. The van der Waals surface area contributed by atoms with E-state index in [0.29, 0.717) is 5.02 Å². The number of nitrogens with zero attached hydrogens (tertiary/aromatic N) is 1. The van der Waals surface area contributed by atoms with E-state index in [1.165, 1.54) is 31.2 Å². The van der Waals surface area contributed by atoms with E-state index in [4.69, 9.17) is 39.5 Å². The van der Waals surface area contributed by atoms with Crippen molar-refractivity contribution in [2.75, 3.05) is 14.2 Å². The van der Waals surface area contributed by atoms with E-state index in [1.54, 1.807) is 13.8 Å². The molecule has 0 aliphatic heterocycles. The Labute approximate surface area is 155 Å². The van der Waals surface area contributed by atoms with Crippen molar-refractivity contribution in [1.82, 2.24) is 4.90 Å². The minimum absolute atomic E-state index is 0.0867. The van der Waals surface area contributed by atoms with Gasteiger partial charge in [-0.05, 0) is 18.1 Å². The molecule has 1 amide bonds. The summed E-state index contributed by atoms with van der Waals surface area (Å²) >= 11 is 17.8. The van der Waals surface area contributed by atoms with Gasteiger partial charge in [0.15, 0.2) is 0 Å². The molecule has 1 atom stereocenters. The lowest BCUT2D eigenvalue weighted by Gasteiger charge is -2.28. The van der Waals surface area contributed by atoms with Crippen LogP contribution in [-0.4, -0.2) is 42.1 Å². The zero-order valence-corrected chi connectivity index (χ0v) is 15.9. The third kappa shape index (κ3) is 4.79. The highest BCUT2D eigenvalue weighted by Gasteiger charge is 2.30. The van der Waals surface area contributed by atoms with Crippen LogP contribution < -0.4 is 0 Å². The van der Waals surface area contributed by atoms with Crippen molar-refractivity contribution in [3.8, 4) is 0 Å². The lowest BCUT2D eigenvalue weighted by molar-refractivity contribution is -0.152. The lowest BCUT2D eigenvalue weighted by atomic mass is 10.0. The summed E-state index contributed by atoms with van der Waals surface area (Å²) in [6.45, 7) is 3.56. The number of aliphatic hydroxyl groups excluding tert-OH is 1. The van der Waals surface area contributed by atoms with Gasteiger partial charge >= 0.3 is 5.97 Å². The summed E-state index contributed by atoms with van der Waals surface area (Å²) in [4.78, 5) is 25.4. The molecule has 0 saturated carbocycles. The number of likely N-dealkylation sites (N-methyl/N-ethyl adjacent to an activating group) is 1. The fourth-order valence-electron chi connectivity index (χ4n) is 2.21. The topological polar surface area (TPSA) is 66.8 Å². The molecule has 24 heavy (non-hydrogen) atoms. The first-order valence-electron chi connectivity index (χ1n) is 7.00. The van der Waals surface area contributed by atoms with Crippen LogP contribution in [0, 0.1) is 5.92 Å². The number of esters is 1. The minimum atomic E-state index is -0.789. The van der Waals surface area contributed by atoms with Crippen molar-refractivity contribution in [1.29, 1.82) is 0 Å². The first-order chi connectivity index (χ1) is 11.1. The lowest BCUT2D eigenvalue weighted by Crippen LogP contribution is -2.45.